The average molecular weight is 239 g/mol. The first-order chi connectivity index (χ1) is 7.66. The van der Waals surface area contributed by atoms with Crippen LogP contribution in [0.25, 0.3) is 0 Å². The van der Waals surface area contributed by atoms with Gasteiger partial charge in [-0.3, -0.25) is 10.1 Å². The summed E-state index contributed by atoms with van der Waals surface area (Å²) in [6.07, 6.45) is 2.25. The standard InChI is InChI=1S/C11H17N3OS/c1-7(10-5-16-6-12-10)13-8(2)11(15)14-9-3-4-9/h5-9,13H,3-4H2,1-2H3,(H,14,15). The molecule has 0 aromatic carbocycles. The molecule has 2 atom stereocenters. The number of rotatable bonds is 5. The maximum absolute atomic E-state index is 11.7. The third-order valence-corrected chi connectivity index (χ3v) is 3.32. The number of hydrogen-bond acceptors (Lipinski definition) is 4. The molecule has 16 heavy (non-hydrogen) atoms. The van der Waals surface area contributed by atoms with Crippen LogP contribution in [-0.2, 0) is 4.79 Å². The summed E-state index contributed by atoms with van der Waals surface area (Å²) in [5, 5.41) is 8.24. The van der Waals surface area contributed by atoms with Crippen molar-refractivity contribution in [2.24, 2.45) is 0 Å². The molecule has 5 heteroatoms. The molecule has 0 radical (unpaired) electrons. The fourth-order valence-corrected chi connectivity index (χ4v) is 2.17. The predicted octanol–water partition coefficient (Wildman–Crippen LogP) is 1.46. The minimum atomic E-state index is -0.169. The van der Waals surface area contributed by atoms with E-state index < -0.39 is 0 Å². The summed E-state index contributed by atoms with van der Waals surface area (Å²) >= 11 is 1.57. The number of thiazole rings is 1. The second-order valence-corrected chi connectivity index (χ2v) is 5.02. The van der Waals surface area contributed by atoms with Gasteiger partial charge in [-0.05, 0) is 26.7 Å². The lowest BCUT2D eigenvalue weighted by atomic mass is 10.2. The normalized spacial score (nSPS) is 19.1. The van der Waals surface area contributed by atoms with Crippen LogP contribution in [0.1, 0.15) is 38.4 Å². The van der Waals surface area contributed by atoms with E-state index in [1.54, 1.807) is 11.3 Å². The lowest BCUT2D eigenvalue weighted by Gasteiger charge is -2.18. The van der Waals surface area contributed by atoms with Crippen LogP contribution < -0.4 is 10.6 Å². The fraction of sp³-hybridized carbons (Fsp3) is 0.636. The molecule has 0 saturated heterocycles. The Kier molecular flexibility index (Phi) is 3.56. The number of nitrogens with one attached hydrogen (secondary N) is 2. The zero-order valence-corrected chi connectivity index (χ0v) is 10.4. The van der Waals surface area contributed by atoms with E-state index in [0.29, 0.717) is 6.04 Å². The minimum absolute atomic E-state index is 0.0876. The second-order valence-electron chi connectivity index (χ2n) is 4.31. The van der Waals surface area contributed by atoms with Crippen LogP contribution in [0, 0.1) is 0 Å². The topological polar surface area (TPSA) is 54.0 Å². The summed E-state index contributed by atoms with van der Waals surface area (Å²) in [4.78, 5) is 15.9. The van der Waals surface area contributed by atoms with Gasteiger partial charge in [-0.25, -0.2) is 4.98 Å². The molecule has 4 nitrogen and oxygen atoms in total. The third kappa shape index (κ3) is 3.02. The highest BCUT2D eigenvalue weighted by Gasteiger charge is 2.26. The zero-order chi connectivity index (χ0) is 11.5. The first-order valence-corrected chi connectivity index (χ1v) is 6.55. The number of hydrogen-bond donors (Lipinski definition) is 2. The van der Waals surface area contributed by atoms with Crippen molar-refractivity contribution in [1.82, 2.24) is 15.6 Å². The molecule has 0 aliphatic heterocycles. The Labute approximate surface area is 99.5 Å². The van der Waals surface area contributed by atoms with Gasteiger partial charge >= 0.3 is 0 Å². The lowest BCUT2D eigenvalue weighted by Crippen LogP contribution is -2.43. The van der Waals surface area contributed by atoms with Crippen LogP contribution in [0.2, 0.25) is 0 Å². The van der Waals surface area contributed by atoms with E-state index >= 15 is 0 Å². The molecular formula is C11H17N3OS. The Hall–Kier alpha value is -0.940. The molecule has 2 rings (SSSR count). The fourth-order valence-electron chi connectivity index (χ4n) is 1.53. The van der Waals surface area contributed by atoms with Crippen LogP contribution in [0.4, 0.5) is 0 Å². The molecule has 2 unspecified atom stereocenters. The summed E-state index contributed by atoms with van der Waals surface area (Å²) in [6.45, 7) is 3.91. The van der Waals surface area contributed by atoms with Crippen molar-refractivity contribution in [3.8, 4) is 0 Å². The van der Waals surface area contributed by atoms with Crippen molar-refractivity contribution >= 4 is 17.2 Å². The van der Waals surface area contributed by atoms with E-state index in [0.717, 1.165) is 18.5 Å². The molecular weight excluding hydrogens is 222 g/mol. The number of aromatic nitrogens is 1. The number of carbonyl (C=O) groups is 1. The SMILES string of the molecule is CC(NC(C)c1cscn1)C(=O)NC1CC1. The molecule has 1 aromatic rings. The Morgan fingerprint density at radius 1 is 1.56 bits per heavy atom. The van der Waals surface area contributed by atoms with Crippen LogP contribution >= 0.6 is 11.3 Å². The third-order valence-electron chi connectivity index (χ3n) is 2.71. The largest absolute Gasteiger partial charge is 0.352 e. The van der Waals surface area contributed by atoms with Gasteiger partial charge in [0.2, 0.25) is 5.91 Å². The van der Waals surface area contributed by atoms with Gasteiger partial charge in [-0.2, -0.15) is 0 Å². The lowest BCUT2D eigenvalue weighted by molar-refractivity contribution is -0.123. The zero-order valence-electron chi connectivity index (χ0n) is 9.56. The molecule has 0 bridgehead atoms. The first-order valence-electron chi connectivity index (χ1n) is 5.61. The maximum Gasteiger partial charge on any atom is 0.237 e. The predicted molar refractivity (Wildman–Crippen MR) is 64.3 cm³/mol. The molecule has 0 spiro atoms. The van der Waals surface area contributed by atoms with Gasteiger partial charge in [0, 0.05) is 17.5 Å². The van der Waals surface area contributed by atoms with Crippen molar-refractivity contribution in [2.45, 2.75) is 44.8 Å². The van der Waals surface area contributed by atoms with E-state index in [1.165, 1.54) is 0 Å². The first kappa shape index (κ1) is 11.5. The monoisotopic (exact) mass is 239 g/mol. The van der Waals surface area contributed by atoms with Gasteiger partial charge in [0.25, 0.3) is 0 Å². The molecule has 1 aliphatic carbocycles. The van der Waals surface area contributed by atoms with Gasteiger partial charge in [0.05, 0.1) is 17.2 Å². The van der Waals surface area contributed by atoms with Crippen LogP contribution in [0.5, 0.6) is 0 Å². The summed E-state index contributed by atoms with van der Waals surface area (Å²) in [5.74, 6) is 0.0876. The Morgan fingerprint density at radius 2 is 2.31 bits per heavy atom. The molecule has 2 N–H and O–H groups in total. The number of carbonyl (C=O) groups excluding carboxylic acids is 1. The van der Waals surface area contributed by atoms with E-state index in [1.807, 2.05) is 24.7 Å². The smallest absolute Gasteiger partial charge is 0.237 e. The average Bonchev–Trinajstić information content (AvgIpc) is 2.89. The van der Waals surface area contributed by atoms with Gasteiger partial charge < -0.3 is 5.32 Å². The van der Waals surface area contributed by atoms with E-state index in [9.17, 15) is 4.79 Å². The van der Waals surface area contributed by atoms with E-state index in [2.05, 4.69) is 15.6 Å². The van der Waals surface area contributed by atoms with Crippen molar-refractivity contribution in [3.63, 3.8) is 0 Å². The minimum Gasteiger partial charge on any atom is -0.352 e. The number of nitrogens with zero attached hydrogens (tertiary/aromatic N) is 1. The van der Waals surface area contributed by atoms with Gasteiger partial charge in [-0.15, -0.1) is 11.3 Å². The van der Waals surface area contributed by atoms with Crippen molar-refractivity contribution in [3.05, 3.63) is 16.6 Å². The van der Waals surface area contributed by atoms with Gasteiger partial charge in [-0.1, -0.05) is 0 Å². The Bertz CT molecular complexity index is 348. The quantitative estimate of drug-likeness (QED) is 0.818. The number of amides is 1. The summed E-state index contributed by atoms with van der Waals surface area (Å²) < 4.78 is 0. The summed E-state index contributed by atoms with van der Waals surface area (Å²) in [5.41, 5.74) is 2.80. The maximum atomic E-state index is 11.7. The Balaban J connectivity index is 1.81. The molecule has 1 heterocycles. The van der Waals surface area contributed by atoms with E-state index in [4.69, 9.17) is 0 Å². The highest BCUT2D eigenvalue weighted by molar-refractivity contribution is 7.07. The summed E-state index contributed by atoms with van der Waals surface area (Å²) in [7, 11) is 0. The Morgan fingerprint density at radius 3 is 2.88 bits per heavy atom. The molecule has 1 aliphatic rings. The molecule has 88 valence electrons. The highest BCUT2D eigenvalue weighted by Crippen LogP contribution is 2.19. The van der Waals surface area contributed by atoms with Crippen molar-refractivity contribution in [1.29, 1.82) is 0 Å². The molecule has 1 fully saturated rings. The van der Waals surface area contributed by atoms with Crippen LogP contribution in [0.15, 0.2) is 10.9 Å². The molecule has 1 aromatic heterocycles. The van der Waals surface area contributed by atoms with E-state index in [-0.39, 0.29) is 18.0 Å². The summed E-state index contributed by atoms with van der Waals surface area (Å²) in [6, 6.07) is 0.370. The van der Waals surface area contributed by atoms with Gasteiger partial charge in [0.1, 0.15) is 0 Å². The van der Waals surface area contributed by atoms with Gasteiger partial charge in [0.15, 0.2) is 0 Å². The van der Waals surface area contributed by atoms with Crippen LogP contribution in [0.3, 0.4) is 0 Å². The van der Waals surface area contributed by atoms with Crippen molar-refractivity contribution < 1.29 is 4.79 Å². The highest BCUT2D eigenvalue weighted by atomic mass is 32.1. The molecule has 1 saturated carbocycles. The second kappa shape index (κ2) is 4.93. The van der Waals surface area contributed by atoms with Crippen LogP contribution in [-0.4, -0.2) is 23.0 Å². The molecule has 1 amide bonds. The van der Waals surface area contributed by atoms with Crippen molar-refractivity contribution in [2.75, 3.05) is 0 Å².